The largest absolute Gasteiger partial charge is 0.480 e. The molecule has 0 bridgehead atoms. The van der Waals surface area contributed by atoms with Gasteiger partial charge in [0.2, 0.25) is 15.9 Å². The van der Waals surface area contributed by atoms with Gasteiger partial charge in [-0.1, -0.05) is 0 Å². The second kappa shape index (κ2) is 6.52. The van der Waals surface area contributed by atoms with Gasteiger partial charge >= 0.3 is 5.97 Å². The van der Waals surface area contributed by atoms with Crippen LogP contribution in [-0.2, 0) is 26.7 Å². The van der Waals surface area contributed by atoms with Crippen molar-refractivity contribution in [1.29, 1.82) is 0 Å². The summed E-state index contributed by atoms with van der Waals surface area (Å²) in [5, 5.41) is 15.6. The molecule has 2 rings (SSSR count). The van der Waals surface area contributed by atoms with Gasteiger partial charge in [-0.3, -0.25) is 9.48 Å². The van der Waals surface area contributed by atoms with Gasteiger partial charge in [0.05, 0.1) is 17.4 Å². The van der Waals surface area contributed by atoms with E-state index in [-0.39, 0.29) is 10.8 Å². The van der Waals surface area contributed by atoms with E-state index >= 15 is 0 Å². The van der Waals surface area contributed by atoms with Crippen LogP contribution in [0.5, 0.6) is 0 Å². The minimum atomic E-state index is -3.95. The number of hydrogen-bond donors (Lipinski definition) is 3. The van der Waals surface area contributed by atoms with E-state index in [1.165, 1.54) is 11.6 Å². The van der Waals surface area contributed by atoms with Crippen molar-refractivity contribution in [1.82, 2.24) is 19.8 Å². The van der Waals surface area contributed by atoms with Crippen LogP contribution in [0.25, 0.3) is 0 Å². The highest BCUT2D eigenvalue weighted by Crippen LogP contribution is 2.32. The number of sulfonamides is 1. The molecule has 1 aromatic rings. The standard InChI is InChI=1S/C14H22N4O5S/c1-7-12(9(3)18(4)16-7)24(22,23)17-8(2)13(19)15-11(14(20)21)10-5-6-10/h8,10-11,17H,5-6H2,1-4H3,(H,15,19)(H,20,21). The molecule has 1 fully saturated rings. The first kappa shape index (κ1) is 18.4. The molecule has 2 atom stereocenters. The number of hydrogen-bond acceptors (Lipinski definition) is 5. The number of carbonyl (C=O) groups excluding carboxylic acids is 1. The fraction of sp³-hybridized carbons (Fsp3) is 0.643. The second-order valence-corrected chi connectivity index (χ2v) is 7.78. The molecule has 1 heterocycles. The first-order valence-electron chi connectivity index (χ1n) is 7.60. The molecule has 1 aliphatic carbocycles. The third kappa shape index (κ3) is 3.75. The van der Waals surface area contributed by atoms with Crippen molar-refractivity contribution >= 4 is 21.9 Å². The molecule has 9 nitrogen and oxygen atoms in total. The Balaban J connectivity index is 2.11. The zero-order valence-corrected chi connectivity index (χ0v) is 14.8. The summed E-state index contributed by atoms with van der Waals surface area (Å²) >= 11 is 0. The predicted molar refractivity (Wildman–Crippen MR) is 84.8 cm³/mol. The maximum absolute atomic E-state index is 12.5. The van der Waals surface area contributed by atoms with Crippen LogP contribution in [0.4, 0.5) is 0 Å². The number of rotatable bonds is 7. The van der Waals surface area contributed by atoms with E-state index in [1.807, 2.05) is 0 Å². The molecule has 0 radical (unpaired) electrons. The Morgan fingerprint density at radius 1 is 1.33 bits per heavy atom. The van der Waals surface area contributed by atoms with Gasteiger partial charge < -0.3 is 10.4 Å². The molecule has 24 heavy (non-hydrogen) atoms. The smallest absolute Gasteiger partial charge is 0.326 e. The van der Waals surface area contributed by atoms with Crippen LogP contribution in [0.15, 0.2) is 4.90 Å². The summed E-state index contributed by atoms with van der Waals surface area (Å²) in [7, 11) is -2.32. The van der Waals surface area contributed by atoms with E-state index in [9.17, 15) is 18.0 Å². The fourth-order valence-electron chi connectivity index (χ4n) is 2.58. The van der Waals surface area contributed by atoms with Crippen LogP contribution in [0, 0.1) is 19.8 Å². The topological polar surface area (TPSA) is 130 Å². The van der Waals surface area contributed by atoms with Gasteiger partial charge in [0, 0.05) is 7.05 Å². The molecule has 134 valence electrons. The van der Waals surface area contributed by atoms with E-state index < -0.39 is 34.0 Å². The van der Waals surface area contributed by atoms with Crippen molar-refractivity contribution in [3.8, 4) is 0 Å². The van der Waals surface area contributed by atoms with Crippen molar-refractivity contribution in [2.75, 3.05) is 0 Å². The van der Waals surface area contributed by atoms with Gasteiger partial charge in [-0.05, 0) is 39.5 Å². The number of carbonyl (C=O) groups is 2. The Hall–Kier alpha value is -1.94. The van der Waals surface area contributed by atoms with Crippen LogP contribution < -0.4 is 10.0 Å². The van der Waals surface area contributed by atoms with E-state index in [0.717, 1.165) is 12.8 Å². The van der Waals surface area contributed by atoms with E-state index in [1.54, 1.807) is 20.9 Å². The number of aryl methyl sites for hydroxylation is 2. The van der Waals surface area contributed by atoms with Crippen molar-refractivity contribution < 1.29 is 23.1 Å². The van der Waals surface area contributed by atoms with Crippen molar-refractivity contribution in [2.45, 2.75) is 50.6 Å². The highest BCUT2D eigenvalue weighted by molar-refractivity contribution is 7.89. The minimum absolute atomic E-state index is 0.0293. The van der Waals surface area contributed by atoms with Crippen molar-refractivity contribution in [3.63, 3.8) is 0 Å². The zero-order valence-electron chi connectivity index (χ0n) is 14.0. The molecule has 3 N–H and O–H groups in total. The van der Waals surface area contributed by atoms with Crippen LogP contribution in [0.3, 0.4) is 0 Å². The van der Waals surface area contributed by atoms with Crippen LogP contribution in [0.1, 0.15) is 31.2 Å². The Bertz CT molecular complexity index is 766. The average molecular weight is 358 g/mol. The van der Waals surface area contributed by atoms with Crippen LogP contribution in [-0.4, -0.2) is 47.3 Å². The molecule has 0 aromatic carbocycles. The molecular formula is C14H22N4O5S. The van der Waals surface area contributed by atoms with E-state index in [4.69, 9.17) is 5.11 Å². The summed E-state index contributed by atoms with van der Waals surface area (Å²) in [5.41, 5.74) is 0.783. The van der Waals surface area contributed by atoms with Gasteiger partial charge in [-0.15, -0.1) is 0 Å². The molecule has 1 amide bonds. The third-order valence-electron chi connectivity index (χ3n) is 4.09. The first-order chi connectivity index (χ1) is 11.0. The number of nitrogens with zero attached hydrogens (tertiary/aromatic N) is 2. The molecule has 1 aromatic heterocycles. The highest BCUT2D eigenvalue weighted by atomic mass is 32.2. The molecule has 0 aliphatic heterocycles. The van der Waals surface area contributed by atoms with Gasteiger partial charge in [0.1, 0.15) is 10.9 Å². The molecule has 2 unspecified atom stereocenters. The maximum Gasteiger partial charge on any atom is 0.326 e. The molecule has 10 heteroatoms. The van der Waals surface area contributed by atoms with Gasteiger partial charge in [0.25, 0.3) is 0 Å². The summed E-state index contributed by atoms with van der Waals surface area (Å²) < 4.78 is 28.7. The fourth-order valence-corrected chi connectivity index (χ4v) is 4.22. The van der Waals surface area contributed by atoms with E-state index in [2.05, 4.69) is 15.1 Å². The molecule has 0 spiro atoms. The van der Waals surface area contributed by atoms with Gasteiger partial charge in [-0.2, -0.15) is 9.82 Å². The van der Waals surface area contributed by atoms with Gasteiger partial charge in [-0.25, -0.2) is 13.2 Å². The second-order valence-electron chi connectivity index (χ2n) is 6.13. The highest BCUT2D eigenvalue weighted by Gasteiger charge is 2.38. The molecular weight excluding hydrogens is 336 g/mol. The van der Waals surface area contributed by atoms with Crippen molar-refractivity contribution in [3.05, 3.63) is 11.4 Å². The Morgan fingerprint density at radius 2 is 1.92 bits per heavy atom. The zero-order chi connectivity index (χ0) is 18.2. The lowest BCUT2D eigenvalue weighted by atomic mass is 10.2. The quantitative estimate of drug-likeness (QED) is 0.612. The number of carboxylic acid groups (broad SMARTS) is 1. The SMILES string of the molecule is Cc1nn(C)c(C)c1S(=O)(=O)NC(C)C(=O)NC(C(=O)O)C1CC1. The predicted octanol–water partition coefficient (Wildman–Crippen LogP) is -0.317. The monoisotopic (exact) mass is 358 g/mol. The Kier molecular flexibility index (Phi) is 5.00. The minimum Gasteiger partial charge on any atom is -0.480 e. The number of amides is 1. The molecule has 1 aliphatic rings. The van der Waals surface area contributed by atoms with Crippen LogP contribution in [0.2, 0.25) is 0 Å². The summed E-state index contributed by atoms with van der Waals surface area (Å²) in [6, 6.07) is -2.08. The Labute approximate surface area is 140 Å². The molecule has 0 saturated heterocycles. The van der Waals surface area contributed by atoms with Gasteiger partial charge in [0.15, 0.2) is 0 Å². The van der Waals surface area contributed by atoms with Crippen LogP contribution >= 0.6 is 0 Å². The Morgan fingerprint density at radius 3 is 2.33 bits per heavy atom. The average Bonchev–Trinajstić information content (AvgIpc) is 3.23. The number of aliphatic carboxylic acids is 1. The first-order valence-corrected chi connectivity index (χ1v) is 9.08. The lowest BCUT2D eigenvalue weighted by Gasteiger charge is -2.18. The number of nitrogens with one attached hydrogen (secondary N) is 2. The summed E-state index contributed by atoms with van der Waals surface area (Å²) in [6.45, 7) is 4.56. The summed E-state index contributed by atoms with van der Waals surface area (Å²) in [6.07, 6.45) is 1.48. The lowest BCUT2D eigenvalue weighted by Crippen LogP contribution is -2.51. The lowest BCUT2D eigenvalue weighted by molar-refractivity contribution is -0.142. The van der Waals surface area contributed by atoms with E-state index in [0.29, 0.717) is 11.4 Å². The normalized spacial score (nSPS) is 17.3. The summed E-state index contributed by atoms with van der Waals surface area (Å²) in [5.74, 6) is -1.87. The number of carboxylic acids is 1. The maximum atomic E-state index is 12.5. The third-order valence-corrected chi connectivity index (χ3v) is 5.89. The van der Waals surface area contributed by atoms with Crippen molar-refractivity contribution in [2.24, 2.45) is 13.0 Å². The molecule has 1 saturated carbocycles. The number of aromatic nitrogens is 2. The summed E-state index contributed by atoms with van der Waals surface area (Å²) in [4.78, 5) is 23.4.